The van der Waals surface area contributed by atoms with Gasteiger partial charge in [0.05, 0.1) is 12.7 Å². The minimum atomic E-state index is -0.647. The third-order valence-corrected chi connectivity index (χ3v) is 3.70. The van der Waals surface area contributed by atoms with Gasteiger partial charge in [0.25, 0.3) is 0 Å². The van der Waals surface area contributed by atoms with Crippen molar-refractivity contribution in [1.82, 2.24) is 4.90 Å². The number of amides is 1. The van der Waals surface area contributed by atoms with Crippen LogP contribution in [0.5, 0.6) is 0 Å². The van der Waals surface area contributed by atoms with Crippen LogP contribution in [0.25, 0.3) is 0 Å². The number of methoxy groups -OCH3 is 1. The van der Waals surface area contributed by atoms with E-state index in [-0.39, 0.29) is 24.5 Å². The molecule has 4 heteroatoms. The summed E-state index contributed by atoms with van der Waals surface area (Å²) in [7, 11) is 3.25. The molecule has 1 unspecified atom stereocenters. The Morgan fingerprint density at radius 3 is 2.43 bits per heavy atom. The Balaban J connectivity index is 2.65. The summed E-state index contributed by atoms with van der Waals surface area (Å²) in [6.07, 6.45) is -0.238. The van der Waals surface area contributed by atoms with E-state index in [1.165, 1.54) is 12.7 Å². The molecule has 0 fully saturated rings. The lowest BCUT2D eigenvalue weighted by molar-refractivity contribution is -0.132. The highest BCUT2D eigenvalue weighted by Crippen LogP contribution is 2.27. The van der Waals surface area contributed by atoms with Gasteiger partial charge in [-0.05, 0) is 17.9 Å². The quantitative estimate of drug-likeness (QED) is 0.838. The second kappa shape index (κ2) is 7.57. The van der Waals surface area contributed by atoms with Crippen molar-refractivity contribution in [3.63, 3.8) is 0 Å². The molecule has 1 atom stereocenters. The maximum absolute atomic E-state index is 12.3. The lowest BCUT2D eigenvalue weighted by Crippen LogP contribution is -2.38. The molecule has 0 heterocycles. The zero-order valence-corrected chi connectivity index (χ0v) is 13.7. The normalized spacial score (nSPS) is 13.0. The van der Waals surface area contributed by atoms with E-state index < -0.39 is 6.10 Å². The summed E-state index contributed by atoms with van der Waals surface area (Å²) >= 11 is 0. The smallest absolute Gasteiger partial charge is 0.223 e. The minimum Gasteiger partial charge on any atom is -0.389 e. The molecule has 0 saturated heterocycles. The summed E-state index contributed by atoms with van der Waals surface area (Å²) < 4.78 is 4.88. The highest BCUT2D eigenvalue weighted by molar-refractivity contribution is 5.77. The van der Waals surface area contributed by atoms with Gasteiger partial charge in [0.15, 0.2) is 0 Å². The number of aliphatic hydroxyl groups excluding tert-OH is 1. The van der Waals surface area contributed by atoms with Crippen LogP contribution in [0.3, 0.4) is 0 Å². The molecule has 0 aromatic heterocycles. The van der Waals surface area contributed by atoms with Crippen LogP contribution in [0.4, 0.5) is 0 Å². The second-order valence-corrected chi connectivity index (χ2v) is 6.31. The van der Waals surface area contributed by atoms with Crippen LogP contribution in [0.15, 0.2) is 24.3 Å². The van der Waals surface area contributed by atoms with Gasteiger partial charge in [0, 0.05) is 27.1 Å². The van der Waals surface area contributed by atoms with Crippen molar-refractivity contribution in [3.05, 3.63) is 35.4 Å². The summed E-state index contributed by atoms with van der Waals surface area (Å²) in [4.78, 5) is 13.9. The molecule has 0 aliphatic rings. The minimum absolute atomic E-state index is 0.0238. The Hall–Kier alpha value is -1.39. The van der Waals surface area contributed by atoms with E-state index in [0.29, 0.717) is 6.42 Å². The Bertz CT molecular complexity index is 454. The number of benzene rings is 1. The van der Waals surface area contributed by atoms with E-state index in [1.54, 1.807) is 11.9 Å². The number of rotatable bonds is 7. The molecule has 118 valence electrons. The number of aryl methyl sites for hydroxylation is 1. The Morgan fingerprint density at radius 2 is 1.90 bits per heavy atom. The maximum Gasteiger partial charge on any atom is 0.223 e. The van der Waals surface area contributed by atoms with Crippen LogP contribution in [0, 0.1) is 6.92 Å². The number of hydrogen-bond donors (Lipinski definition) is 1. The van der Waals surface area contributed by atoms with E-state index >= 15 is 0 Å². The number of nitrogens with zero attached hydrogens (tertiary/aromatic N) is 1. The van der Waals surface area contributed by atoms with E-state index in [2.05, 4.69) is 38.1 Å². The summed E-state index contributed by atoms with van der Waals surface area (Å²) in [5.41, 5.74) is 2.12. The van der Waals surface area contributed by atoms with Crippen molar-refractivity contribution in [1.29, 1.82) is 0 Å². The molecule has 21 heavy (non-hydrogen) atoms. The summed E-state index contributed by atoms with van der Waals surface area (Å²) in [5.74, 6) is 0.0238. The van der Waals surface area contributed by atoms with Crippen molar-refractivity contribution in [2.75, 3.05) is 27.3 Å². The summed E-state index contributed by atoms with van der Waals surface area (Å²) in [6, 6.07) is 8.27. The molecule has 1 amide bonds. The molecular weight excluding hydrogens is 266 g/mol. The van der Waals surface area contributed by atoms with Crippen LogP contribution in [0.2, 0.25) is 0 Å². The second-order valence-electron chi connectivity index (χ2n) is 6.31. The monoisotopic (exact) mass is 293 g/mol. The zero-order chi connectivity index (χ0) is 16.0. The molecule has 0 aliphatic heterocycles. The molecule has 0 aliphatic carbocycles. The van der Waals surface area contributed by atoms with E-state index in [1.807, 2.05) is 6.92 Å². The fourth-order valence-corrected chi connectivity index (χ4v) is 2.28. The number of hydrogen-bond acceptors (Lipinski definition) is 3. The molecule has 0 saturated carbocycles. The van der Waals surface area contributed by atoms with Crippen molar-refractivity contribution >= 4 is 5.91 Å². The molecule has 4 nitrogen and oxygen atoms in total. The highest BCUT2D eigenvalue weighted by atomic mass is 16.5. The SMILES string of the molecule is COCC(O)CN(C)C(=O)CC(C)(C)c1ccc(C)cc1. The average molecular weight is 293 g/mol. The predicted molar refractivity (Wildman–Crippen MR) is 84.3 cm³/mol. The van der Waals surface area contributed by atoms with Gasteiger partial charge in [-0.25, -0.2) is 0 Å². The van der Waals surface area contributed by atoms with Crippen molar-refractivity contribution in [3.8, 4) is 0 Å². The predicted octanol–water partition coefficient (Wildman–Crippen LogP) is 2.13. The summed E-state index contributed by atoms with van der Waals surface area (Å²) in [5, 5.41) is 9.70. The lowest BCUT2D eigenvalue weighted by Gasteiger charge is -2.28. The average Bonchev–Trinajstić information content (AvgIpc) is 2.38. The largest absolute Gasteiger partial charge is 0.389 e. The third-order valence-electron chi connectivity index (χ3n) is 3.70. The van der Waals surface area contributed by atoms with E-state index in [9.17, 15) is 9.90 Å². The number of aliphatic hydroxyl groups is 1. The first-order valence-corrected chi connectivity index (χ1v) is 7.24. The number of carbonyl (C=O) groups is 1. The van der Waals surface area contributed by atoms with Gasteiger partial charge in [-0.3, -0.25) is 4.79 Å². The first-order chi connectivity index (χ1) is 9.76. The van der Waals surface area contributed by atoms with Crippen molar-refractivity contribution in [2.24, 2.45) is 0 Å². The van der Waals surface area contributed by atoms with Gasteiger partial charge < -0.3 is 14.7 Å². The van der Waals surface area contributed by atoms with Crippen LogP contribution in [-0.2, 0) is 14.9 Å². The highest BCUT2D eigenvalue weighted by Gasteiger charge is 2.26. The van der Waals surface area contributed by atoms with Gasteiger partial charge in [-0.2, -0.15) is 0 Å². The molecule has 0 bridgehead atoms. The Kier molecular flexibility index (Phi) is 6.37. The van der Waals surface area contributed by atoms with Gasteiger partial charge in [0.1, 0.15) is 0 Å². The lowest BCUT2D eigenvalue weighted by atomic mass is 9.81. The van der Waals surface area contributed by atoms with Crippen molar-refractivity contribution < 1.29 is 14.6 Å². The van der Waals surface area contributed by atoms with Gasteiger partial charge >= 0.3 is 0 Å². The van der Waals surface area contributed by atoms with E-state index in [4.69, 9.17) is 4.74 Å². The summed E-state index contributed by atoms with van der Waals surface area (Å²) in [6.45, 7) is 6.70. The Labute approximate surface area is 127 Å². The number of likely N-dealkylation sites (N-methyl/N-ethyl adjacent to an activating group) is 1. The molecule has 1 rings (SSSR count). The van der Waals surface area contributed by atoms with Crippen LogP contribution in [0.1, 0.15) is 31.4 Å². The van der Waals surface area contributed by atoms with E-state index in [0.717, 1.165) is 5.56 Å². The first kappa shape index (κ1) is 17.7. The number of carbonyl (C=O) groups excluding carboxylic acids is 1. The standard InChI is InChI=1S/C17H27NO3/c1-13-6-8-14(9-7-13)17(2,3)10-16(20)18(4)11-15(19)12-21-5/h6-9,15,19H,10-12H2,1-5H3. The first-order valence-electron chi connectivity index (χ1n) is 7.24. The van der Waals surface area contributed by atoms with Crippen LogP contribution >= 0.6 is 0 Å². The molecule has 1 N–H and O–H groups in total. The van der Waals surface area contributed by atoms with Gasteiger partial charge in [-0.1, -0.05) is 43.7 Å². The maximum atomic E-state index is 12.3. The van der Waals surface area contributed by atoms with Gasteiger partial charge in [0.2, 0.25) is 5.91 Å². The Morgan fingerprint density at radius 1 is 1.33 bits per heavy atom. The third kappa shape index (κ3) is 5.48. The van der Waals surface area contributed by atoms with Crippen molar-refractivity contribution in [2.45, 2.75) is 38.7 Å². The number of ether oxygens (including phenoxy) is 1. The zero-order valence-electron chi connectivity index (χ0n) is 13.7. The fourth-order valence-electron chi connectivity index (χ4n) is 2.28. The molecular formula is C17H27NO3. The van der Waals surface area contributed by atoms with Gasteiger partial charge in [-0.15, -0.1) is 0 Å². The fraction of sp³-hybridized carbons (Fsp3) is 0.588. The van der Waals surface area contributed by atoms with Crippen LogP contribution in [-0.4, -0.2) is 49.3 Å². The topological polar surface area (TPSA) is 49.8 Å². The molecule has 0 spiro atoms. The molecule has 0 radical (unpaired) electrons. The molecule has 1 aromatic rings. The van der Waals surface area contributed by atoms with Crippen LogP contribution < -0.4 is 0 Å². The molecule has 1 aromatic carbocycles.